The van der Waals surface area contributed by atoms with Crippen molar-refractivity contribution in [2.75, 3.05) is 19.0 Å². The van der Waals surface area contributed by atoms with E-state index in [9.17, 15) is 14.4 Å². The molecule has 1 aliphatic rings. The van der Waals surface area contributed by atoms with Crippen LogP contribution in [0.3, 0.4) is 0 Å². The SMILES string of the molecule is Cc1cc(CNC(=O)C(C)N2C(=O)c3ccccc3C2=O)nc(N(C)C)n1. The summed E-state index contributed by atoms with van der Waals surface area (Å²) in [6, 6.07) is 7.42. The predicted molar refractivity (Wildman–Crippen MR) is 99.3 cm³/mol. The lowest BCUT2D eigenvalue weighted by Crippen LogP contribution is -2.47. The lowest BCUT2D eigenvalue weighted by molar-refractivity contribution is -0.124. The third-order valence-electron chi connectivity index (χ3n) is 4.33. The van der Waals surface area contributed by atoms with Gasteiger partial charge in [0.1, 0.15) is 6.04 Å². The van der Waals surface area contributed by atoms with E-state index >= 15 is 0 Å². The van der Waals surface area contributed by atoms with Gasteiger partial charge in [-0.25, -0.2) is 9.97 Å². The molecule has 140 valence electrons. The molecule has 0 spiro atoms. The molecule has 1 aliphatic heterocycles. The van der Waals surface area contributed by atoms with E-state index in [0.29, 0.717) is 22.8 Å². The summed E-state index contributed by atoms with van der Waals surface area (Å²) in [7, 11) is 3.67. The highest BCUT2D eigenvalue weighted by atomic mass is 16.2. The molecule has 1 unspecified atom stereocenters. The monoisotopic (exact) mass is 367 g/mol. The molecule has 1 atom stereocenters. The zero-order chi connectivity index (χ0) is 19.7. The summed E-state index contributed by atoms with van der Waals surface area (Å²) >= 11 is 0. The number of nitrogens with one attached hydrogen (secondary N) is 1. The van der Waals surface area contributed by atoms with Gasteiger partial charge in [0, 0.05) is 19.8 Å². The fourth-order valence-corrected chi connectivity index (χ4v) is 2.91. The quantitative estimate of drug-likeness (QED) is 0.797. The van der Waals surface area contributed by atoms with Crippen molar-refractivity contribution in [2.45, 2.75) is 26.4 Å². The number of hydrogen-bond acceptors (Lipinski definition) is 6. The molecule has 0 saturated heterocycles. The number of carbonyl (C=O) groups is 3. The maximum Gasteiger partial charge on any atom is 0.262 e. The van der Waals surface area contributed by atoms with Crippen LogP contribution in [0.25, 0.3) is 0 Å². The molecular formula is C19H21N5O3. The molecule has 3 rings (SSSR count). The first kappa shape index (κ1) is 18.5. The zero-order valence-electron chi connectivity index (χ0n) is 15.7. The molecule has 2 heterocycles. The molecule has 1 N–H and O–H groups in total. The third-order valence-corrected chi connectivity index (χ3v) is 4.33. The second-order valence-electron chi connectivity index (χ2n) is 6.61. The lowest BCUT2D eigenvalue weighted by atomic mass is 10.1. The molecule has 0 radical (unpaired) electrons. The number of rotatable bonds is 5. The molecule has 1 aromatic carbocycles. The first-order valence-electron chi connectivity index (χ1n) is 8.56. The van der Waals surface area contributed by atoms with Gasteiger partial charge in [-0.3, -0.25) is 19.3 Å². The van der Waals surface area contributed by atoms with E-state index < -0.39 is 23.8 Å². The number of amides is 3. The van der Waals surface area contributed by atoms with Crippen molar-refractivity contribution in [1.82, 2.24) is 20.2 Å². The minimum Gasteiger partial charge on any atom is -0.349 e. The van der Waals surface area contributed by atoms with E-state index in [0.717, 1.165) is 10.6 Å². The molecule has 3 amide bonds. The van der Waals surface area contributed by atoms with Gasteiger partial charge in [-0.2, -0.15) is 0 Å². The minimum atomic E-state index is -0.923. The van der Waals surface area contributed by atoms with Crippen LogP contribution in [-0.2, 0) is 11.3 Å². The molecule has 0 aliphatic carbocycles. The number of fused-ring (bicyclic) bond motifs is 1. The summed E-state index contributed by atoms with van der Waals surface area (Å²) in [5, 5.41) is 2.74. The highest BCUT2D eigenvalue weighted by molar-refractivity contribution is 6.22. The van der Waals surface area contributed by atoms with Crippen LogP contribution in [0.2, 0.25) is 0 Å². The van der Waals surface area contributed by atoms with E-state index in [-0.39, 0.29) is 6.54 Å². The Morgan fingerprint density at radius 3 is 2.30 bits per heavy atom. The number of aromatic nitrogens is 2. The van der Waals surface area contributed by atoms with Gasteiger partial charge < -0.3 is 10.2 Å². The predicted octanol–water partition coefficient (Wildman–Crippen LogP) is 1.15. The number of hydrogen-bond donors (Lipinski definition) is 1. The second kappa shape index (κ2) is 7.14. The summed E-state index contributed by atoms with van der Waals surface area (Å²) in [6.45, 7) is 3.56. The molecule has 1 aromatic heterocycles. The molecule has 27 heavy (non-hydrogen) atoms. The summed E-state index contributed by atoms with van der Waals surface area (Å²) in [4.78, 5) is 49.0. The Labute approximate surface area is 157 Å². The van der Waals surface area contributed by atoms with E-state index in [1.165, 1.54) is 6.92 Å². The summed E-state index contributed by atoms with van der Waals surface area (Å²) in [5.41, 5.74) is 2.08. The van der Waals surface area contributed by atoms with Crippen LogP contribution >= 0.6 is 0 Å². The normalized spacial score (nSPS) is 14.1. The number of aryl methyl sites for hydroxylation is 1. The van der Waals surface area contributed by atoms with Crippen molar-refractivity contribution < 1.29 is 14.4 Å². The van der Waals surface area contributed by atoms with Crippen LogP contribution in [0.4, 0.5) is 5.95 Å². The molecule has 0 fully saturated rings. The molecule has 2 aromatic rings. The summed E-state index contributed by atoms with van der Waals surface area (Å²) < 4.78 is 0. The highest BCUT2D eigenvalue weighted by Crippen LogP contribution is 2.24. The van der Waals surface area contributed by atoms with Gasteiger partial charge in [0.2, 0.25) is 11.9 Å². The van der Waals surface area contributed by atoms with Crippen molar-refractivity contribution in [2.24, 2.45) is 0 Å². The van der Waals surface area contributed by atoms with Gasteiger partial charge in [-0.05, 0) is 32.0 Å². The van der Waals surface area contributed by atoms with Gasteiger partial charge >= 0.3 is 0 Å². The smallest absolute Gasteiger partial charge is 0.262 e. The van der Waals surface area contributed by atoms with Gasteiger partial charge in [0.15, 0.2) is 0 Å². The molecule has 0 saturated carbocycles. The van der Waals surface area contributed by atoms with Crippen molar-refractivity contribution in [3.8, 4) is 0 Å². The minimum absolute atomic E-state index is 0.177. The number of anilines is 1. The summed E-state index contributed by atoms with van der Waals surface area (Å²) in [5.74, 6) is -0.781. The molecule has 8 nitrogen and oxygen atoms in total. The van der Waals surface area contributed by atoms with Gasteiger partial charge in [-0.15, -0.1) is 0 Å². The maximum atomic E-state index is 12.5. The summed E-state index contributed by atoms with van der Waals surface area (Å²) in [6.07, 6.45) is 0. The fraction of sp³-hybridized carbons (Fsp3) is 0.316. The third kappa shape index (κ3) is 3.51. The highest BCUT2D eigenvalue weighted by Gasteiger charge is 2.40. The zero-order valence-corrected chi connectivity index (χ0v) is 15.7. The van der Waals surface area contributed by atoms with Crippen LogP contribution in [-0.4, -0.2) is 52.7 Å². The first-order valence-corrected chi connectivity index (χ1v) is 8.56. The van der Waals surface area contributed by atoms with E-state index in [2.05, 4.69) is 15.3 Å². The van der Waals surface area contributed by atoms with E-state index in [1.807, 2.05) is 21.0 Å². The first-order chi connectivity index (χ1) is 12.8. The number of nitrogens with zero attached hydrogens (tertiary/aromatic N) is 4. The van der Waals surface area contributed by atoms with Crippen molar-refractivity contribution in [3.63, 3.8) is 0 Å². The topological polar surface area (TPSA) is 95.5 Å². The van der Waals surface area contributed by atoms with Crippen molar-refractivity contribution in [1.29, 1.82) is 0 Å². The van der Waals surface area contributed by atoms with E-state index in [4.69, 9.17) is 0 Å². The second-order valence-corrected chi connectivity index (χ2v) is 6.61. The average molecular weight is 367 g/mol. The Hall–Kier alpha value is -3.29. The van der Waals surface area contributed by atoms with Crippen LogP contribution in [0.15, 0.2) is 30.3 Å². The standard InChI is InChI=1S/C19H21N5O3/c1-11-9-13(22-19(21-11)23(3)4)10-20-16(25)12(2)24-17(26)14-7-5-6-8-15(14)18(24)27/h5-9,12H,10H2,1-4H3,(H,20,25). The van der Waals surface area contributed by atoms with Crippen molar-refractivity contribution >= 4 is 23.7 Å². The molecule has 8 heteroatoms. The number of imide groups is 1. The Kier molecular flexibility index (Phi) is 4.89. The van der Waals surface area contributed by atoms with Crippen LogP contribution < -0.4 is 10.2 Å². The Bertz CT molecular complexity index is 890. The van der Waals surface area contributed by atoms with Gasteiger partial charge in [0.25, 0.3) is 11.8 Å². The fourth-order valence-electron chi connectivity index (χ4n) is 2.91. The Morgan fingerprint density at radius 2 is 1.74 bits per heavy atom. The van der Waals surface area contributed by atoms with Gasteiger partial charge in [-0.1, -0.05) is 12.1 Å². The van der Waals surface area contributed by atoms with Crippen LogP contribution in [0.5, 0.6) is 0 Å². The number of carbonyl (C=O) groups excluding carboxylic acids is 3. The van der Waals surface area contributed by atoms with Crippen LogP contribution in [0.1, 0.15) is 39.0 Å². The largest absolute Gasteiger partial charge is 0.349 e. The van der Waals surface area contributed by atoms with Crippen LogP contribution in [0, 0.1) is 6.92 Å². The van der Waals surface area contributed by atoms with Gasteiger partial charge in [0.05, 0.1) is 23.4 Å². The lowest BCUT2D eigenvalue weighted by Gasteiger charge is -2.21. The number of benzene rings is 1. The Morgan fingerprint density at radius 1 is 1.15 bits per heavy atom. The Balaban J connectivity index is 1.71. The van der Waals surface area contributed by atoms with E-state index in [1.54, 1.807) is 35.2 Å². The average Bonchev–Trinajstić information content (AvgIpc) is 2.89. The molecule has 0 bridgehead atoms. The van der Waals surface area contributed by atoms with Crippen molar-refractivity contribution in [3.05, 3.63) is 52.8 Å². The molecular weight excluding hydrogens is 346 g/mol. The maximum absolute atomic E-state index is 12.5.